The van der Waals surface area contributed by atoms with Crippen LogP contribution in [0.15, 0.2) is 0 Å². The van der Waals surface area contributed by atoms with Crippen molar-refractivity contribution < 1.29 is 0 Å². The lowest BCUT2D eigenvalue weighted by Gasteiger charge is -2.50. The average Bonchev–Trinajstić information content (AvgIpc) is 1.94. The zero-order valence-corrected chi connectivity index (χ0v) is 10.5. The largest absolute Gasteiger partial charge is 0.301 e. The average molecular weight is 198 g/mol. The van der Waals surface area contributed by atoms with E-state index in [-0.39, 0.29) is 0 Å². The number of likely N-dealkylation sites (tertiary alicyclic amines) is 1. The van der Waals surface area contributed by atoms with Crippen molar-refractivity contribution in [3.63, 3.8) is 0 Å². The summed E-state index contributed by atoms with van der Waals surface area (Å²) in [5.74, 6) is 0. The van der Waals surface area contributed by atoms with Crippen LogP contribution in [0.25, 0.3) is 0 Å². The van der Waals surface area contributed by atoms with Crippen LogP contribution < -0.4 is 0 Å². The third kappa shape index (κ3) is 2.96. The van der Waals surface area contributed by atoms with Crippen LogP contribution in [-0.2, 0) is 0 Å². The Morgan fingerprint density at radius 3 is 2.29 bits per heavy atom. The van der Waals surface area contributed by atoms with Gasteiger partial charge in [0, 0.05) is 24.7 Å². The van der Waals surface area contributed by atoms with Crippen LogP contribution in [0.5, 0.6) is 0 Å². The predicted molar refractivity (Wildman–Crippen MR) is 62.7 cm³/mol. The number of likely N-dealkylation sites (N-methyl/N-ethyl adjacent to an activating group) is 1. The Bertz CT molecular complexity index is 166. The molecule has 0 bridgehead atoms. The van der Waals surface area contributed by atoms with Gasteiger partial charge in [0.25, 0.3) is 0 Å². The summed E-state index contributed by atoms with van der Waals surface area (Å²) in [6, 6.07) is 0.806. The highest BCUT2D eigenvalue weighted by Gasteiger charge is 2.35. The van der Waals surface area contributed by atoms with Gasteiger partial charge in [-0.15, -0.1) is 0 Å². The summed E-state index contributed by atoms with van der Waals surface area (Å²) in [5.41, 5.74) is 0.363. The zero-order chi connectivity index (χ0) is 10.8. The van der Waals surface area contributed by atoms with Crippen molar-refractivity contribution in [1.82, 2.24) is 9.80 Å². The number of hydrogen-bond donors (Lipinski definition) is 0. The van der Waals surface area contributed by atoms with Gasteiger partial charge >= 0.3 is 0 Å². The molecule has 0 N–H and O–H groups in total. The lowest BCUT2D eigenvalue weighted by molar-refractivity contribution is -0.0129. The Kier molecular flexibility index (Phi) is 3.96. The third-order valence-corrected chi connectivity index (χ3v) is 3.30. The molecule has 1 heterocycles. The van der Waals surface area contributed by atoms with Crippen LogP contribution in [0, 0.1) is 0 Å². The van der Waals surface area contributed by atoms with E-state index < -0.39 is 0 Å². The molecule has 0 radical (unpaired) electrons. The van der Waals surface area contributed by atoms with E-state index in [2.05, 4.69) is 44.5 Å². The zero-order valence-electron chi connectivity index (χ0n) is 10.5. The lowest BCUT2D eigenvalue weighted by atomic mass is 9.97. The van der Waals surface area contributed by atoms with Gasteiger partial charge in [0.15, 0.2) is 0 Å². The second kappa shape index (κ2) is 4.63. The van der Waals surface area contributed by atoms with Gasteiger partial charge in [-0.05, 0) is 40.8 Å². The van der Waals surface area contributed by atoms with Crippen LogP contribution in [-0.4, -0.2) is 48.1 Å². The molecule has 84 valence electrons. The van der Waals surface area contributed by atoms with Crippen molar-refractivity contribution in [2.45, 2.75) is 52.1 Å². The lowest BCUT2D eigenvalue weighted by Crippen LogP contribution is -2.63. The van der Waals surface area contributed by atoms with E-state index in [0.717, 1.165) is 6.04 Å². The molecule has 14 heavy (non-hydrogen) atoms. The van der Waals surface area contributed by atoms with Crippen molar-refractivity contribution in [2.75, 3.05) is 26.7 Å². The molecule has 0 unspecified atom stereocenters. The van der Waals surface area contributed by atoms with Crippen molar-refractivity contribution in [2.24, 2.45) is 0 Å². The molecule has 1 fully saturated rings. The fraction of sp³-hybridized carbons (Fsp3) is 1.00. The second-order valence-electron chi connectivity index (χ2n) is 5.56. The summed E-state index contributed by atoms with van der Waals surface area (Å²) in [4.78, 5) is 5.08. The molecule has 2 heteroatoms. The van der Waals surface area contributed by atoms with Gasteiger partial charge in [-0.2, -0.15) is 0 Å². The summed E-state index contributed by atoms with van der Waals surface area (Å²) in [6.45, 7) is 12.9. The van der Waals surface area contributed by atoms with E-state index in [1.807, 2.05) is 0 Å². The molecule has 0 aromatic heterocycles. The SMILES string of the molecule is CCCCN(C)C1CN(C(C)(C)C)C1. The fourth-order valence-corrected chi connectivity index (χ4v) is 1.87. The summed E-state index contributed by atoms with van der Waals surface area (Å²) in [7, 11) is 2.26. The molecule has 1 saturated heterocycles. The molecule has 1 rings (SSSR count). The number of unbranched alkanes of at least 4 members (excludes halogenated alkanes) is 1. The minimum Gasteiger partial charge on any atom is -0.301 e. The Morgan fingerprint density at radius 1 is 1.29 bits per heavy atom. The quantitative estimate of drug-likeness (QED) is 0.683. The highest BCUT2D eigenvalue weighted by molar-refractivity contribution is 4.93. The first kappa shape index (κ1) is 12.0. The maximum atomic E-state index is 2.56. The molecule has 1 aliphatic heterocycles. The maximum Gasteiger partial charge on any atom is 0.0347 e. The molecule has 1 aliphatic rings. The summed E-state index contributed by atoms with van der Waals surface area (Å²) < 4.78 is 0. The molecule has 0 aliphatic carbocycles. The van der Waals surface area contributed by atoms with Crippen molar-refractivity contribution in [3.05, 3.63) is 0 Å². The van der Waals surface area contributed by atoms with Crippen LogP contribution in [0.2, 0.25) is 0 Å². The minimum atomic E-state index is 0.363. The Morgan fingerprint density at radius 2 is 1.86 bits per heavy atom. The van der Waals surface area contributed by atoms with Gasteiger partial charge < -0.3 is 4.90 Å². The van der Waals surface area contributed by atoms with E-state index >= 15 is 0 Å². The van der Waals surface area contributed by atoms with Gasteiger partial charge in [-0.1, -0.05) is 13.3 Å². The molecule has 0 saturated carbocycles. The van der Waals surface area contributed by atoms with E-state index in [1.165, 1.54) is 32.5 Å². The summed E-state index contributed by atoms with van der Waals surface area (Å²) in [6.07, 6.45) is 2.64. The Balaban J connectivity index is 2.20. The van der Waals surface area contributed by atoms with Crippen LogP contribution >= 0.6 is 0 Å². The number of nitrogens with zero attached hydrogens (tertiary/aromatic N) is 2. The monoisotopic (exact) mass is 198 g/mol. The molecule has 0 spiro atoms. The number of hydrogen-bond acceptors (Lipinski definition) is 2. The molecule has 0 atom stereocenters. The van der Waals surface area contributed by atoms with Gasteiger partial charge in [-0.3, -0.25) is 4.90 Å². The second-order valence-corrected chi connectivity index (χ2v) is 5.56. The van der Waals surface area contributed by atoms with E-state index in [1.54, 1.807) is 0 Å². The minimum absolute atomic E-state index is 0.363. The van der Waals surface area contributed by atoms with Gasteiger partial charge in [0.2, 0.25) is 0 Å². The highest BCUT2D eigenvalue weighted by Crippen LogP contribution is 2.23. The molecule has 0 amide bonds. The number of rotatable bonds is 4. The smallest absolute Gasteiger partial charge is 0.0347 e. The first-order valence-electron chi connectivity index (χ1n) is 5.90. The van der Waals surface area contributed by atoms with Gasteiger partial charge in [0.1, 0.15) is 0 Å². The molecule has 2 nitrogen and oxygen atoms in total. The van der Waals surface area contributed by atoms with Crippen LogP contribution in [0.3, 0.4) is 0 Å². The predicted octanol–water partition coefficient (Wildman–Crippen LogP) is 2.20. The summed E-state index contributed by atoms with van der Waals surface area (Å²) >= 11 is 0. The fourth-order valence-electron chi connectivity index (χ4n) is 1.87. The topological polar surface area (TPSA) is 6.48 Å². The molecule has 0 aromatic carbocycles. The molecule has 0 aromatic rings. The van der Waals surface area contributed by atoms with Crippen molar-refractivity contribution >= 4 is 0 Å². The molecular formula is C12H26N2. The van der Waals surface area contributed by atoms with Gasteiger partial charge in [-0.25, -0.2) is 0 Å². The third-order valence-electron chi connectivity index (χ3n) is 3.30. The Labute approximate surface area is 89.3 Å². The maximum absolute atomic E-state index is 2.56. The first-order valence-corrected chi connectivity index (χ1v) is 5.90. The Hall–Kier alpha value is -0.0800. The van der Waals surface area contributed by atoms with Crippen molar-refractivity contribution in [1.29, 1.82) is 0 Å². The summed E-state index contributed by atoms with van der Waals surface area (Å²) in [5, 5.41) is 0. The first-order chi connectivity index (χ1) is 6.45. The van der Waals surface area contributed by atoms with Gasteiger partial charge in [0.05, 0.1) is 0 Å². The highest BCUT2D eigenvalue weighted by atomic mass is 15.3. The van der Waals surface area contributed by atoms with Crippen LogP contribution in [0.4, 0.5) is 0 Å². The molecular weight excluding hydrogens is 172 g/mol. The standard InChI is InChI=1S/C12H26N2/c1-6-7-8-13(5)11-9-14(10-11)12(2,3)4/h11H,6-10H2,1-5H3. The van der Waals surface area contributed by atoms with Crippen LogP contribution in [0.1, 0.15) is 40.5 Å². The van der Waals surface area contributed by atoms with E-state index in [9.17, 15) is 0 Å². The van der Waals surface area contributed by atoms with Crippen molar-refractivity contribution in [3.8, 4) is 0 Å². The normalized spacial score (nSPS) is 20.1. The van der Waals surface area contributed by atoms with E-state index in [0.29, 0.717) is 5.54 Å². The van der Waals surface area contributed by atoms with E-state index in [4.69, 9.17) is 0 Å².